The van der Waals surface area contributed by atoms with Crippen LogP contribution in [-0.2, 0) is 34.8 Å². The number of pyridine rings is 1. The first-order valence-electron chi connectivity index (χ1n) is 15.9. The molecule has 2 aliphatic rings. The molecule has 0 atom stereocenters. The predicted molar refractivity (Wildman–Crippen MR) is 185 cm³/mol. The molecule has 6 rings (SSSR count). The first-order chi connectivity index (χ1) is 22.5. The average Bonchev–Trinajstić information content (AvgIpc) is 3.87. The Morgan fingerprint density at radius 2 is 1.85 bits per heavy atom. The van der Waals surface area contributed by atoms with E-state index in [0.29, 0.717) is 48.2 Å². The van der Waals surface area contributed by atoms with Crippen molar-refractivity contribution in [2.45, 2.75) is 39.2 Å². The molecule has 1 saturated carbocycles. The third-order valence-corrected chi connectivity index (χ3v) is 10.4. The number of ether oxygens (including phenoxy) is 2. The van der Waals surface area contributed by atoms with Gasteiger partial charge in [0.1, 0.15) is 22.8 Å². The van der Waals surface area contributed by atoms with Crippen molar-refractivity contribution in [3.63, 3.8) is 0 Å². The molecule has 0 radical (unpaired) electrons. The fourth-order valence-corrected chi connectivity index (χ4v) is 6.92. The van der Waals surface area contributed by atoms with E-state index in [2.05, 4.69) is 30.0 Å². The molecule has 1 fully saturated rings. The van der Waals surface area contributed by atoms with Gasteiger partial charge in [0.25, 0.3) is 0 Å². The molecule has 2 aromatic heterocycles. The molecule has 4 aromatic rings. The Morgan fingerprint density at radius 1 is 1.06 bits per heavy atom. The lowest BCUT2D eigenvalue weighted by molar-refractivity contribution is -0.119. The van der Waals surface area contributed by atoms with Crippen LogP contribution in [0.2, 0.25) is 0 Å². The van der Waals surface area contributed by atoms with Gasteiger partial charge in [-0.15, -0.1) is 0 Å². The summed E-state index contributed by atoms with van der Waals surface area (Å²) in [6.07, 6.45) is 8.19. The van der Waals surface area contributed by atoms with Crippen LogP contribution in [0.5, 0.6) is 11.5 Å². The highest BCUT2D eigenvalue weighted by atomic mass is 32.2. The molecule has 3 heterocycles. The molecule has 1 amide bonds. The Kier molecular flexibility index (Phi) is 8.99. The minimum atomic E-state index is -3.22. The summed E-state index contributed by atoms with van der Waals surface area (Å²) in [5, 5.41) is 0. The monoisotopic (exact) mass is 658 g/mol. The fraction of sp³-hybridized carbons (Fsp3) is 0.400. The molecule has 0 bridgehead atoms. The van der Waals surface area contributed by atoms with Crippen LogP contribution in [0.15, 0.2) is 54.9 Å². The zero-order chi connectivity index (χ0) is 33.5. The van der Waals surface area contributed by atoms with Gasteiger partial charge in [0.15, 0.2) is 5.82 Å². The molecular formula is C35H42N6O5S. The van der Waals surface area contributed by atoms with E-state index in [1.165, 1.54) is 10.6 Å². The number of rotatable bonds is 11. The van der Waals surface area contributed by atoms with Crippen molar-refractivity contribution < 1.29 is 22.7 Å². The van der Waals surface area contributed by atoms with Crippen molar-refractivity contribution in [1.29, 1.82) is 0 Å². The van der Waals surface area contributed by atoms with Crippen LogP contribution in [0, 0.1) is 5.92 Å². The van der Waals surface area contributed by atoms with Crippen LogP contribution in [0.25, 0.3) is 16.6 Å². The molecule has 2 aromatic carbocycles. The van der Waals surface area contributed by atoms with E-state index in [4.69, 9.17) is 19.4 Å². The summed E-state index contributed by atoms with van der Waals surface area (Å²) in [6.45, 7) is 3.25. The molecule has 248 valence electrons. The highest BCUT2D eigenvalue weighted by Gasteiger charge is 2.36. The van der Waals surface area contributed by atoms with Crippen molar-refractivity contribution >= 4 is 49.9 Å². The number of hydrogen-bond acceptors (Lipinski definition) is 8. The first-order valence-corrected chi connectivity index (χ1v) is 17.7. The molecule has 0 unspecified atom stereocenters. The number of hydrogen-bond donors (Lipinski definition) is 0. The van der Waals surface area contributed by atoms with Gasteiger partial charge >= 0.3 is 0 Å². The number of sulfonamides is 1. The summed E-state index contributed by atoms with van der Waals surface area (Å²) in [6, 6.07) is 14.0. The standard InChI is InChI=1S/C35H42N6O5S/c1-7-23-18-26(24-14-16-40(17-15-24)47(6,43)44)11-13-29(23)39(3)32-20-30-33(36-22-38(30)2)34(37-32)41(35(42)25-8-9-25)21-27-10-12-28(45-4)19-31(27)46-5/h10-14,18-20,22,25H,7-9,15-17,21H2,1-6H3. The van der Waals surface area contributed by atoms with E-state index in [-0.39, 0.29) is 18.4 Å². The van der Waals surface area contributed by atoms with Gasteiger partial charge in [-0.1, -0.05) is 19.1 Å². The van der Waals surface area contributed by atoms with Gasteiger partial charge in [-0.2, -0.15) is 4.31 Å². The molecule has 1 aliphatic heterocycles. The Morgan fingerprint density at radius 3 is 2.49 bits per heavy atom. The molecule has 1 aliphatic carbocycles. The molecule has 0 N–H and O–H groups in total. The predicted octanol–water partition coefficient (Wildman–Crippen LogP) is 5.31. The Balaban J connectivity index is 1.39. The maximum absolute atomic E-state index is 13.9. The average molecular weight is 659 g/mol. The quantitative estimate of drug-likeness (QED) is 0.213. The van der Waals surface area contributed by atoms with Crippen molar-refractivity contribution in [3.8, 4) is 11.5 Å². The normalized spacial score (nSPS) is 15.4. The number of carbonyl (C=O) groups is 1. The third-order valence-electron chi connectivity index (χ3n) is 9.13. The van der Waals surface area contributed by atoms with Crippen molar-refractivity contribution in [2.75, 3.05) is 50.4 Å². The minimum Gasteiger partial charge on any atom is -0.497 e. The SMILES string of the molecule is CCc1cc(C2=CCN(S(C)(=O)=O)CC2)ccc1N(C)c1cc2c(ncn2C)c(N(Cc2ccc(OC)cc2OC)C(=O)C2CC2)n1. The number of amides is 1. The number of benzene rings is 2. The second kappa shape index (κ2) is 13.0. The number of carbonyl (C=O) groups excluding carboxylic acids is 1. The van der Waals surface area contributed by atoms with E-state index in [9.17, 15) is 13.2 Å². The summed E-state index contributed by atoms with van der Waals surface area (Å²) in [7, 11) is 3.94. The number of imidazole rings is 1. The van der Waals surface area contributed by atoms with Crippen LogP contribution in [0.1, 0.15) is 42.9 Å². The number of aryl methyl sites for hydroxylation is 2. The first kappa shape index (κ1) is 32.5. The van der Waals surface area contributed by atoms with Gasteiger partial charge in [0, 0.05) is 56.5 Å². The maximum Gasteiger partial charge on any atom is 0.231 e. The molecule has 47 heavy (non-hydrogen) atoms. The van der Waals surface area contributed by atoms with Crippen LogP contribution >= 0.6 is 0 Å². The summed E-state index contributed by atoms with van der Waals surface area (Å²) in [4.78, 5) is 27.6. The van der Waals surface area contributed by atoms with Gasteiger partial charge in [-0.05, 0) is 66.6 Å². The van der Waals surface area contributed by atoms with E-state index >= 15 is 0 Å². The molecular weight excluding hydrogens is 616 g/mol. The maximum atomic E-state index is 13.9. The van der Waals surface area contributed by atoms with Gasteiger partial charge in [-0.3, -0.25) is 9.69 Å². The molecule has 12 heteroatoms. The van der Waals surface area contributed by atoms with Crippen molar-refractivity contribution in [3.05, 3.63) is 71.6 Å². The molecule has 11 nitrogen and oxygen atoms in total. The highest BCUT2D eigenvalue weighted by molar-refractivity contribution is 7.88. The van der Waals surface area contributed by atoms with Gasteiger partial charge in [-0.25, -0.2) is 18.4 Å². The van der Waals surface area contributed by atoms with E-state index in [1.54, 1.807) is 25.4 Å². The summed E-state index contributed by atoms with van der Waals surface area (Å²) >= 11 is 0. The van der Waals surface area contributed by atoms with E-state index in [0.717, 1.165) is 52.7 Å². The van der Waals surface area contributed by atoms with Gasteiger partial charge in [0.2, 0.25) is 15.9 Å². The van der Waals surface area contributed by atoms with Crippen LogP contribution in [0.4, 0.5) is 17.3 Å². The number of methoxy groups -OCH3 is 2. The Labute approximate surface area is 276 Å². The lowest BCUT2D eigenvalue weighted by Gasteiger charge is -2.27. The number of anilines is 3. The Hall–Kier alpha value is -4.42. The van der Waals surface area contributed by atoms with Gasteiger partial charge < -0.3 is 18.9 Å². The number of fused-ring (bicyclic) bond motifs is 1. The zero-order valence-corrected chi connectivity index (χ0v) is 28.7. The summed E-state index contributed by atoms with van der Waals surface area (Å²) < 4.78 is 38.5. The summed E-state index contributed by atoms with van der Waals surface area (Å²) in [5.74, 6) is 2.49. The second-order valence-electron chi connectivity index (χ2n) is 12.3. The largest absolute Gasteiger partial charge is 0.497 e. The van der Waals surface area contributed by atoms with Crippen LogP contribution in [0.3, 0.4) is 0 Å². The van der Waals surface area contributed by atoms with E-state index in [1.807, 2.05) is 49.0 Å². The van der Waals surface area contributed by atoms with Gasteiger partial charge in [0.05, 0.1) is 38.9 Å². The number of aromatic nitrogens is 3. The van der Waals surface area contributed by atoms with Crippen LogP contribution in [-0.4, -0.2) is 73.8 Å². The smallest absolute Gasteiger partial charge is 0.231 e. The fourth-order valence-electron chi connectivity index (χ4n) is 6.15. The van der Waals surface area contributed by atoms with Crippen molar-refractivity contribution in [2.24, 2.45) is 13.0 Å². The van der Waals surface area contributed by atoms with Crippen molar-refractivity contribution in [1.82, 2.24) is 18.8 Å². The number of nitrogens with zero attached hydrogens (tertiary/aromatic N) is 6. The Bertz CT molecular complexity index is 1970. The second-order valence-corrected chi connectivity index (χ2v) is 14.2. The summed E-state index contributed by atoms with van der Waals surface area (Å²) in [5.41, 5.74) is 6.74. The molecule has 0 saturated heterocycles. The lowest BCUT2D eigenvalue weighted by Crippen LogP contribution is -2.33. The lowest BCUT2D eigenvalue weighted by atomic mass is 9.96. The topological polar surface area (TPSA) is 110 Å². The minimum absolute atomic E-state index is 0.0240. The zero-order valence-electron chi connectivity index (χ0n) is 27.9. The van der Waals surface area contributed by atoms with E-state index < -0.39 is 10.0 Å². The highest BCUT2D eigenvalue weighted by Crippen LogP contribution is 2.39. The van der Waals surface area contributed by atoms with Crippen LogP contribution < -0.4 is 19.3 Å². The third kappa shape index (κ3) is 6.57. The molecule has 0 spiro atoms.